The molecule has 2 N–H and O–H groups in total. The quantitative estimate of drug-likeness (QED) is 0.726. The molecule has 1 aromatic carbocycles. The average molecular weight is 460 g/mol. The molecule has 0 unspecified atom stereocenters. The van der Waals surface area contributed by atoms with E-state index in [4.69, 9.17) is 9.47 Å². The molecule has 33 heavy (non-hydrogen) atoms. The lowest BCUT2D eigenvalue weighted by molar-refractivity contribution is 0.0606. The lowest BCUT2D eigenvalue weighted by Crippen LogP contribution is -2.55. The third kappa shape index (κ3) is 3.57. The van der Waals surface area contributed by atoms with Gasteiger partial charge in [0.15, 0.2) is 11.6 Å². The number of halogens is 2. The van der Waals surface area contributed by atoms with Crippen molar-refractivity contribution in [3.63, 3.8) is 0 Å². The summed E-state index contributed by atoms with van der Waals surface area (Å²) in [7, 11) is 1.61. The third-order valence-electron chi connectivity index (χ3n) is 6.69. The highest BCUT2D eigenvalue weighted by Gasteiger charge is 2.41. The van der Waals surface area contributed by atoms with Gasteiger partial charge in [-0.2, -0.15) is 0 Å². The first-order valence-electron chi connectivity index (χ1n) is 11.1. The summed E-state index contributed by atoms with van der Waals surface area (Å²) in [5.41, 5.74) is -0.729. The van der Waals surface area contributed by atoms with Crippen LogP contribution in [-0.2, 0) is 4.74 Å². The second kappa shape index (κ2) is 8.42. The SMILES string of the molecule is CO[C@H]1C[C@H](C)N(c2nc(-c3c(O)cccc3F)c(F)c3c2C(=O)N2CCNC[C@@H]2CO3)C1. The zero-order valence-corrected chi connectivity index (χ0v) is 18.5. The Morgan fingerprint density at radius 2 is 2.09 bits per heavy atom. The number of nitrogens with zero attached hydrogens (tertiary/aromatic N) is 3. The first kappa shape index (κ1) is 21.8. The summed E-state index contributed by atoms with van der Waals surface area (Å²) in [5, 5.41) is 13.6. The van der Waals surface area contributed by atoms with Crippen molar-refractivity contribution in [2.45, 2.75) is 31.5 Å². The van der Waals surface area contributed by atoms with Crippen LogP contribution in [0, 0.1) is 11.6 Å². The highest BCUT2D eigenvalue weighted by Crippen LogP contribution is 2.43. The minimum absolute atomic E-state index is 0.0279. The number of phenolic OH excluding ortho intramolecular Hbond substituents is 1. The standard InChI is InChI=1S/C23H26F2N4O4/c1-12-8-14(32-2)10-29(12)22-18-21(33-11-13-9-26-6-7-28(13)23(18)31)19(25)20(27-22)17-15(24)4-3-5-16(17)30/h3-5,12-14,26,30H,6-11H2,1-2H3/t12-,13+,14-/m0/s1. The number of nitrogens with one attached hydrogen (secondary N) is 1. The maximum atomic E-state index is 15.8. The Morgan fingerprint density at radius 1 is 1.27 bits per heavy atom. The van der Waals surface area contributed by atoms with Crippen molar-refractivity contribution in [1.82, 2.24) is 15.2 Å². The van der Waals surface area contributed by atoms with Crippen LogP contribution in [0.4, 0.5) is 14.6 Å². The van der Waals surface area contributed by atoms with Crippen molar-refractivity contribution in [2.75, 3.05) is 44.8 Å². The predicted molar refractivity (Wildman–Crippen MR) is 117 cm³/mol. The number of piperazine rings is 1. The number of aromatic nitrogens is 1. The van der Waals surface area contributed by atoms with Crippen LogP contribution in [0.2, 0.25) is 0 Å². The lowest BCUT2D eigenvalue weighted by Gasteiger charge is -2.34. The second-order valence-electron chi connectivity index (χ2n) is 8.70. The lowest BCUT2D eigenvalue weighted by atomic mass is 10.0. The molecule has 176 valence electrons. The van der Waals surface area contributed by atoms with Crippen molar-refractivity contribution in [3.05, 3.63) is 35.4 Å². The van der Waals surface area contributed by atoms with Gasteiger partial charge in [-0.15, -0.1) is 0 Å². The van der Waals surface area contributed by atoms with Gasteiger partial charge in [0.1, 0.15) is 35.2 Å². The maximum absolute atomic E-state index is 15.8. The number of amides is 1. The van der Waals surface area contributed by atoms with E-state index in [9.17, 15) is 14.3 Å². The zero-order valence-electron chi connectivity index (χ0n) is 18.5. The molecular weight excluding hydrogens is 434 g/mol. The van der Waals surface area contributed by atoms with Gasteiger partial charge in [-0.05, 0) is 25.5 Å². The molecule has 0 saturated carbocycles. The molecule has 5 rings (SSSR count). The van der Waals surface area contributed by atoms with E-state index in [0.29, 0.717) is 32.6 Å². The number of benzene rings is 1. The highest BCUT2D eigenvalue weighted by molar-refractivity contribution is 6.03. The third-order valence-corrected chi connectivity index (χ3v) is 6.69. The Labute approximate surface area is 190 Å². The fraction of sp³-hybridized carbons (Fsp3) is 0.478. The summed E-state index contributed by atoms with van der Waals surface area (Å²) in [6.45, 7) is 4.09. The topological polar surface area (TPSA) is 87.2 Å². The molecular formula is C23H26F2N4O4. The summed E-state index contributed by atoms with van der Waals surface area (Å²) in [4.78, 5) is 21.7. The second-order valence-corrected chi connectivity index (χ2v) is 8.70. The molecule has 0 radical (unpaired) electrons. The monoisotopic (exact) mass is 460 g/mol. The van der Waals surface area contributed by atoms with Gasteiger partial charge in [0, 0.05) is 39.3 Å². The number of pyridine rings is 1. The van der Waals surface area contributed by atoms with E-state index in [1.54, 1.807) is 12.0 Å². The van der Waals surface area contributed by atoms with Crippen molar-refractivity contribution in [2.24, 2.45) is 0 Å². The van der Waals surface area contributed by atoms with Crippen LogP contribution >= 0.6 is 0 Å². The first-order chi connectivity index (χ1) is 15.9. The Morgan fingerprint density at radius 3 is 2.82 bits per heavy atom. The number of carbonyl (C=O) groups is 1. The van der Waals surface area contributed by atoms with Gasteiger partial charge in [-0.25, -0.2) is 13.8 Å². The van der Waals surface area contributed by atoms with Gasteiger partial charge in [-0.1, -0.05) is 6.07 Å². The molecule has 3 aliphatic heterocycles. The molecule has 0 spiro atoms. The van der Waals surface area contributed by atoms with E-state index in [1.165, 1.54) is 12.1 Å². The van der Waals surface area contributed by atoms with Gasteiger partial charge in [-0.3, -0.25) is 4.79 Å². The molecule has 1 aromatic heterocycles. The predicted octanol–water partition coefficient (Wildman–Crippen LogP) is 2.15. The van der Waals surface area contributed by atoms with Crippen molar-refractivity contribution < 1.29 is 28.2 Å². The fourth-order valence-corrected chi connectivity index (χ4v) is 4.93. The van der Waals surface area contributed by atoms with Crippen LogP contribution in [0.5, 0.6) is 11.5 Å². The fourth-order valence-electron chi connectivity index (χ4n) is 4.93. The number of methoxy groups -OCH3 is 1. The molecule has 10 heteroatoms. The van der Waals surface area contributed by atoms with Gasteiger partial charge < -0.3 is 29.7 Å². The van der Waals surface area contributed by atoms with Crippen LogP contribution in [0.3, 0.4) is 0 Å². The van der Waals surface area contributed by atoms with Crippen LogP contribution in [0.15, 0.2) is 18.2 Å². The number of anilines is 1. The van der Waals surface area contributed by atoms with Crippen LogP contribution < -0.4 is 15.0 Å². The van der Waals surface area contributed by atoms with Crippen LogP contribution in [0.25, 0.3) is 11.3 Å². The Balaban J connectivity index is 1.74. The summed E-state index contributed by atoms with van der Waals surface area (Å²) < 4.78 is 42.0. The van der Waals surface area contributed by atoms with Crippen LogP contribution in [0.1, 0.15) is 23.7 Å². The molecule has 2 aromatic rings. The number of fused-ring (bicyclic) bond motifs is 2. The number of ether oxygens (including phenoxy) is 2. The van der Waals surface area contributed by atoms with Crippen molar-refractivity contribution in [1.29, 1.82) is 0 Å². The Hall–Kier alpha value is -2.98. The molecule has 8 nitrogen and oxygen atoms in total. The number of phenols is 1. The van der Waals surface area contributed by atoms with Gasteiger partial charge in [0.25, 0.3) is 5.91 Å². The summed E-state index contributed by atoms with van der Waals surface area (Å²) >= 11 is 0. The maximum Gasteiger partial charge on any atom is 0.261 e. The largest absolute Gasteiger partial charge is 0.507 e. The van der Waals surface area contributed by atoms with E-state index in [0.717, 1.165) is 6.07 Å². The van der Waals surface area contributed by atoms with Gasteiger partial charge >= 0.3 is 0 Å². The van der Waals surface area contributed by atoms with Gasteiger partial charge in [0.2, 0.25) is 0 Å². The van der Waals surface area contributed by atoms with Gasteiger partial charge in [0.05, 0.1) is 17.7 Å². The molecule has 2 saturated heterocycles. The van der Waals surface area contributed by atoms with Crippen molar-refractivity contribution in [3.8, 4) is 22.8 Å². The average Bonchev–Trinajstić information content (AvgIpc) is 3.11. The Kier molecular flexibility index (Phi) is 5.57. The normalized spacial score (nSPS) is 24.8. The van der Waals surface area contributed by atoms with E-state index < -0.39 is 23.1 Å². The molecule has 0 aliphatic carbocycles. The van der Waals surface area contributed by atoms with E-state index in [1.807, 2.05) is 11.8 Å². The minimum Gasteiger partial charge on any atom is -0.507 e. The van der Waals surface area contributed by atoms with Crippen LogP contribution in [-0.4, -0.2) is 79.0 Å². The summed E-state index contributed by atoms with van der Waals surface area (Å²) in [6, 6.07) is 3.39. The molecule has 3 atom stereocenters. The summed E-state index contributed by atoms with van der Waals surface area (Å²) in [5.74, 6) is -2.65. The minimum atomic E-state index is -0.967. The highest BCUT2D eigenvalue weighted by atomic mass is 19.1. The number of carbonyl (C=O) groups excluding carboxylic acids is 1. The number of hydrogen-bond acceptors (Lipinski definition) is 7. The molecule has 3 aliphatic rings. The Bertz CT molecular complexity index is 1080. The number of aromatic hydroxyl groups is 1. The van der Waals surface area contributed by atoms with E-state index in [2.05, 4.69) is 10.3 Å². The zero-order chi connectivity index (χ0) is 23.3. The molecule has 4 heterocycles. The summed E-state index contributed by atoms with van der Waals surface area (Å²) in [6.07, 6.45) is 0.595. The van der Waals surface area contributed by atoms with E-state index in [-0.39, 0.29) is 53.4 Å². The van der Waals surface area contributed by atoms with E-state index >= 15 is 4.39 Å². The molecule has 2 fully saturated rings. The smallest absolute Gasteiger partial charge is 0.261 e. The number of rotatable bonds is 3. The molecule has 0 bridgehead atoms. The number of hydrogen-bond donors (Lipinski definition) is 2. The van der Waals surface area contributed by atoms with Crippen molar-refractivity contribution >= 4 is 11.7 Å². The first-order valence-corrected chi connectivity index (χ1v) is 11.1. The molecule has 1 amide bonds.